The van der Waals surface area contributed by atoms with Crippen LogP contribution in [0.15, 0.2) is 12.7 Å². The lowest BCUT2D eigenvalue weighted by Gasteiger charge is -2.30. The molecule has 0 aromatic rings. The maximum absolute atomic E-state index is 11.6. The zero-order chi connectivity index (χ0) is 11.5. The second-order valence-electron chi connectivity index (χ2n) is 4.35. The summed E-state index contributed by atoms with van der Waals surface area (Å²) < 4.78 is 11.5. The molecule has 3 unspecified atom stereocenters. The van der Waals surface area contributed by atoms with Crippen LogP contribution < -0.4 is 0 Å². The molecule has 1 aliphatic carbocycles. The molecule has 90 valence electrons. The summed E-state index contributed by atoms with van der Waals surface area (Å²) in [6.07, 6.45) is 3.86. The van der Waals surface area contributed by atoms with Crippen molar-refractivity contribution >= 4 is 5.91 Å². The molecule has 2 bridgehead atoms. The van der Waals surface area contributed by atoms with Gasteiger partial charge in [-0.3, -0.25) is 4.79 Å². The Balaban J connectivity index is 2.10. The summed E-state index contributed by atoms with van der Waals surface area (Å²) in [5.74, 6) is 0.114. The molecule has 1 saturated carbocycles. The Morgan fingerprint density at radius 1 is 1.62 bits per heavy atom. The van der Waals surface area contributed by atoms with Crippen LogP contribution in [0.4, 0.5) is 0 Å². The van der Waals surface area contributed by atoms with Gasteiger partial charge in [-0.25, -0.2) is 0 Å². The number of carbonyl (C=O) groups is 1. The number of hydrogen-bond acceptors (Lipinski definition) is 3. The molecule has 1 amide bonds. The zero-order valence-corrected chi connectivity index (χ0v) is 9.72. The van der Waals surface area contributed by atoms with E-state index in [4.69, 9.17) is 9.47 Å². The lowest BCUT2D eigenvalue weighted by atomic mass is 10.1. The van der Waals surface area contributed by atoms with E-state index in [1.54, 1.807) is 13.0 Å². The van der Waals surface area contributed by atoms with Gasteiger partial charge >= 0.3 is 0 Å². The molecular formula is C12H19NO3. The van der Waals surface area contributed by atoms with Crippen LogP contribution in [0, 0.1) is 0 Å². The topological polar surface area (TPSA) is 38.8 Å². The first-order valence-corrected chi connectivity index (χ1v) is 5.85. The highest BCUT2D eigenvalue weighted by Crippen LogP contribution is 2.31. The van der Waals surface area contributed by atoms with Gasteiger partial charge in [0.1, 0.15) is 6.10 Å². The van der Waals surface area contributed by atoms with Crippen LogP contribution in [0.3, 0.4) is 0 Å². The summed E-state index contributed by atoms with van der Waals surface area (Å²) in [5.41, 5.74) is 0. The van der Waals surface area contributed by atoms with E-state index in [1.165, 1.54) is 0 Å². The minimum atomic E-state index is 0.0180. The second-order valence-corrected chi connectivity index (χ2v) is 4.35. The van der Waals surface area contributed by atoms with Crippen LogP contribution in [-0.2, 0) is 14.3 Å². The molecule has 0 aromatic heterocycles. The number of amides is 1. The molecule has 1 saturated heterocycles. The van der Waals surface area contributed by atoms with E-state index in [0.29, 0.717) is 19.8 Å². The van der Waals surface area contributed by atoms with E-state index in [0.717, 1.165) is 12.8 Å². The van der Waals surface area contributed by atoms with Crippen molar-refractivity contribution in [2.24, 2.45) is 0 Å². The highest BCUT2D eigenvalue weighted by atomic mass is 16.5. The normalized spacial score (nSPS) is 33.6. The molecule has 1 aliphatic heterocycles. The predicted molar refractivity (Wildman–Crippen MR) is 60.1 cm³/mol. The summed E-state index contributed by atoms with van der Waals surface area (Å²) in [4.78, 5) is 13.4. The van der Waals surface area contributed by atoms with Crippen LogP contribution >= 0.6 is 0 Å². The van der Waals surface area contributed by atoms with E-state index < -0.39 is 0 Å². The van der Waals surface area contributed by atoms with Crippen LogP contribution in [0.1, 0.15) is 19.8 Å². The number of carbonyl (C=O) groups excluding carboxylic acids is 1. The van der Waals surface area contributed by atoms with E-state index >= 15 is 0 Å². The maximum atomic E-state index is 11.6. The minimum absolute atomic E-state index is 0.0180. The van der Waals surface area contributed by atoms with Gasteiger partial charge in [0, 0.05) is 13.5 Å². The Labute approximate surface area is 96.2 Å². The van der Waals surface area contributed by atoms with Gasteiger partial charge in [-0.2, -0.15) is 0 Å². The molecule has 0 radical (unpaired) electrons. The van der Waals surface area contributed by atoms with E-state index in [-0.39, 0.29) is 24.2 Å². The third-order valence-electron chi connectivity index (χ3n) is 3.37. The van der Waals surface area contributed by atoms with Gasteiger partial charge in [0.25, 0.3) is 0 Å². The maximum Gasteiger partial charge on any atom is 0.219 e. The average molecular weight is 225 g/mol. The molecule has 16 heavy (non-hydrogen) atoms. The quantitative estimate of drug-likeness (QED) is 0.672. The van der Waals surface area contributed by atoms with Crippen molar-refractivity contribution in [1.82, 2.24) is 4.90 Å². The Kier molecular flexibility index (Phi) is 3.61. The fraction of sp³-hybridized carbons (Fsp3) is 0.750. The van der Waals surface area contributed by atoms with Gasteiger partial charge in [-0.1, -0.05) is 6.08 Å². The van der Waals surface area contributed by atoms with Crippen LogP contribution in [0.5, 0.6) is 0 Å². The van der Waals surface area contributed by atoms with Gasteiger partial charge in [0.2, 0.25) is 5.91 Å². The number of hydrogen-bond donors (Lipinski definition) is 0. The van der Waals surface area contributed by atoms with Crippen LogP contribution in [0.25, 0.3) is 0 Å². The van der Waals surface area contributed by atoms with E-state index in [2.05, 4.69) is 6.58 Å². The van der Waals surface area contributed by atoms with E-state index in [1.807, 2.05) is 4.90 Å². The largest absolute Gasteiger partial charge is 0.374 e. The second kappa shape index (κ2) is 4.97. The highest BCUT2D eigenvalue weighted by Gasteiger charge is 2.43. The third kappa shape index (κ3) is 2.13. The Hall–Kier alpha value is -0.870. The average Bonchev–Trinajstić information content (AvgIpc) is 2.51. The summed E-state index contributed by atoms with van der Waals surface area (Å²) >= 11 is 0. The standard InChI is InChI=1S/C12H19NO3/c1-3-7-16-12-10-4-5-11(12)15-8-6-13(10)9(2)14/h3,10-12H,1,4-8H2,2H3. The zero-order valence-electron chi connectivity index (χ0n) is 9.72. The van der Waals surface area contributed by atoms with Gasteiger partial charge < -0.3 is 14.4 Å². The van der Waals surface area contributed by atoms with E-state index in [9.17, 15) is 4.79 Å². The van der Waals surface area contributed by atoms with Crippen molar-refractivity contribution in [2.75, 3.05) is 19.8 Å². The number of nitrogens with zero attached hydrogens (tertiary/aromatic N) is 1. The van der Waals surface area contributed by atoms with Gasteiger partial charge in [-0.15, -0.1) is 6.58 Å². The first-order chi connectivity index (χ1) is 7.74. The first-order valence-electron chi connectivity index (χ1n) is 5.85. The predicted octanol–water partition coefficient (Wildman–Crippen LogP) is 0.967. The Morgan fingerprint density at radius 3 is 3.12 bits per heavy atom. The Bertz CT molecular complexity index is 279. The summed E-state index contributed by atoms with van der Waals surface area (Å²) in [6.45, 7) is 7.09. The summed E-state index contributed by atoms with van der Waals surface area (Å²) in [5, 5.41) is 0. The molecule has 0 N–H and O–H groups in total. The lowest BCUT2D eigenvalue weighted by Crippen LogP contribution is -2.45. The van der Waals surface area contributed by atoms with Gasteiger partial charge in [0.15, 0.2) is 0 Å². The molecule has 1 heterocycles. The Morgan fingerprint density at radius 2 is 2.44 bits per heavy atom. The minimum Gasteiger partial charge on any atom is -0.374 e. The monoisotopic (exact) mass is 225 g/mol. The van der Waals surface area contributed by atoms with Crippen molar-refractivity contribution in [3.63, 3.8) is 0 Å². The molecule has 3 atom stereocenters. The molecule has 0 spiro atoms. The molecule has 0 aromatic carbocycles. The highest BCUT2D eigenvalue weighted by molar-refractivity contribution is 5.73. The summed E-state index contributed by atoms with van der Waals surface area (Å²) in [6, 6.07) is 0.185. The molecule has 2 fully saturated rings. The van der Waals surface area contributed by atoms with Crippen molar-refractivity contribution < 1.29 is 14.3 Å². The fourth-order valence-electron chi connectivity index (χ4n) is 2.68. The van der Waals surface area contributed by atoms with Gasteiger partial charge in [-0.05, 0) is 12.8 Å². The van der Waals surface area contributed by atoms with Crippen LogP contribution in [-0.4, -0.2) is 48.8 Å². The number of ether oxygens (including phenoxy) is 2. The van der Waals surface area contributed by atoms with Crippen molar-refractivity contribution in [3.8, 4) is 0 Å². The van der Waals surface area contributed by atoms with Gasteiger partial charge in [0.05, 0.1) is 25.4 Å². The smallest absolute Gasteiger partial charge is 0.219 e. The van der Waals surface area contributed by atoms with Crippen molar-refractivity contribution in [1.29, 1.82) is 0 Å². The summed E-state index contributed by atoms with van der Waals surface area (Å²) in [7, 11) is 0. The molecule has 2 aliphatic rings. The molecular weight excluding hydrogens is 206 g/mol. The third-order valence-corrected chi connectivity index (χ3v) is 3.37. The SMILES string of the molecule is C=CCOC1C2CCC1N(C(C)=O)CCO2. The molecule has 4 nitrogen and oxygen atoms in total. The fourth-order valence-corrected chi connectivity index (χ4v) is 2.68. The first kappa shape index (κ1) is 11.6. The van der Waals surface area contributed by atoms with Crippen molar-refractivity contribution in [2.45, 2.75) is 38.0 Å². The van der Waals surface area contributed by atoms with Crippen molar-refractivity contribution in [3.05, 3.63) is 12.7 Å². The number of rotatable bonds is 3. The molecule has 2 rings (SSSR count). The van der Waals surface area contributed by atoms with Crippen LogP contribution in [0.2, 0.25) is 0 Å². The lowest BCUT2D eigenvalue weighted by molar-refractivity contribution is -0.133. The number of fused-ring (bicyclic) bond motifs is 2. The molecule has 4 heteroatoms.